The minimum Gasteiger partial charge on any atom is -0.493 e. The van der Waals surface area contributed by atoms with Gasteiger partial charge in [0.25, 0.3) is 5.91 Å². The van der Waals surface area contributed by atoms with E-state index in [-0.39, 0.29) is 18.1 Å². The molecule has 10 nitrogen and oxygen atoms in total. The van der Waals surface area contributed by atoms with Gasteiger partial charge in [0.05, 0.1) is 13.7 Å². The zero-order chi connectivity index (χ0) is 35.3. The van der Waals surface area contributed by atoms with Gasteiger partial charge in [0.2, 0.25) is 0 Å². The van der Waals surface area contributed by atoms with Gasteiger partial charge in [-0.2, -0.15) is 0 Å². The molecule has 0 aliphatic carbocycles. The van der Waals surface area contributed by atoms with Crippen molar-refractivity contribution < 1.29 is 28.6 Å². The molecule has 1 aliphatic rings. The van der Waals surface area contributed by atoms with Gasteiger partial charge in [0.15, 0.2) is 5.69 Å². The number of rotatable bonds is 10. The normalized spacial score (nSPS) is 12.1. The number of anilines is 2. The Morgan fingerprint density at radius 2 is 1.82 bits per heavy atom. The summed E-state index contributed by atoms with van der Waals surface area (Å²) in [6, 6.07) is 15.0. The van der Waals surface area contributed by atoms with E-state index in [2.05, 4.69) is 28.5 Å². The summed E-state index contributed by atoms with van der Waals surface area (Å²) in [6.45, 7) is 13.7. The van der Waals surface area contributed by atoms with Crippen LogP contribution in [-0.2, 0) is 22.4 Å². The van der Waals surface area contributed by atoms with Crippen LogP contribution in [-0.4, -0.2) is 55.4 Å². The molecule has 11 heteroatoms. The number of alkyl carbamates (subject to hydrolysis) is 1. The second-order valence-electron chi connectivity index (χ2n) is 12.9. The Morgan fingerprint density at radius 3 is 2.51 bits per heavy atom. The minimum absolute atomic E-state index is 0.118. The Labute approximate surface area is 291 Å². The standard InChI is InChI=1S/C38H44N4O6S/c1-8-16-42(9-2)32-13-11-26(33(41-32)36(44)46-7)27-21-31-29(34-25(14-17-47-31)15-18-49-34)20-28(27)35(43)40-30-12-10-24(19-23(30)3)22-39-37(45)48-38(4,5)6/h10-13,15,18-21H,8-9,14,16-17,22H2,1-7H3,(H,39,45)(H,40,43). The number of aryl methyl sites for hydroxylation is 1. The highest BCUT2D eigenvalue weighted by atomic mass is 32.1. The van der Waals surface area contributed by atoms with E-state index in [0.717, 1.165) is 53.1 Å². The van der Waals surface area contributed by atoms with Gasteiger partial charge in [-0.3, -0.25) is 4.79 Å². The van der Waals surface area contributed by atoms with E-state index in [1.165, 1.54) is 7.11 Å². The first-order chi connectivity index (χ1) is 23.4. The average Bonchev–Trinajstić information content (AvgIpc) is 3.47. The molecule has 0 saturated heterocycles. The molecule has 3 heterocycles. The fraction of sp³-hybridized carbons (Fsp3) is 0.368. The number of carbonyl (C=O) groups is 3. The van der Waals surface area contributed by atoms with Crippen LogP contribution in [0.3, 0.4) is 0 Å². The first-order valence-electron chi connectivity index (χ1n) is 16.5. The Kier molecular flexibility index (Phi) is 10.9. The average molecular weight is 685 g/mol. The number of thiophene rings is 1. The van der Waals surface area contributed by atoms with Crippen LogP contribution in [0.4, 0.5) is 16.3 Å². The van der Waals surface area contributed by atoms with Gasteiger partial charge < -0.3 is 29.7 Å². The Hall–Kier alpha value is -4.90. The van der Waals surface area contributed by atoms with Crippen LogP contribution in [0.5, 0.6) is 5.75 Å². The van der Waals surface area contributed by atoms with Gasteiger partial charge >= 0.3 is 12.1 Å². The number of nitrogens with one attached hydrogen (secondary N) is 2. The quantitative estimate of drug-likeness (QED) is 0.161. The van der Waals surface area contributed by atoms with Crippen LogP contribution in [0.15, 0.2) is 53.9 Å². The summed E-state index contributed by atoms with van der Waals surface area (Å²) >= 11 is 1.60. The van der Waals surface area contributed by atoms with Crippen LogP contribution in [0.2, 0.25) is 0 Å². The highest BCUT2D eigenvalue weighted by molar-refractivity contribution is 7.13. The van der Waals surface area contributed by atoms with Crippen molar-refractivity contribution in [2.45, 2.75) is 66.5 Å². The van der Waals surface area contributed by atoms with Crippen molar-refractivity contribution in [3.05, 3.63) is 81.9 Å². The molecule has 258 valence electrons. The third-order valence-corrected chi connectivity index (χ3v) is 9.10. The number of hydrogen-bond donors (Lipinski definition) is 2. The monoisotopic (exact) mass is 684 g/mol. The summed E-state index contributed by atoms with van der Waals surface area (Å²) in [5.41, 5.74) is 5.11. The van der Waals surface area contributed by atoms with Crippen LogP contribution in [0.25, 0.3) is 21.6 Å². The van der Waals surface area contributed by atoms with Crippen LogP contribution in [0, 0.1) is 6.92 Å². The molecular weight excluding hydrogens is 641 g/mol. The van der Waals surface area contributed by atoms with Gasteiger partial charge in [-0.25, -0.2) is 14.6 Å². The number of hydrogen-bond acceptors (Lipinski definition) is 9. The van der Waals surface area contributed by atoms with Crippen LogP contribution < -0.4 is 20.3 Å². The van der Waals surface area contributed by atoms with Gasteiger partial charge in [-0.1, -0.05) is 19.1 Å². The zero-order valence-corrected chi connectivity index (χ0v) is 30.0. The molecule has 4 aromatic rings. The van der Waals surface area contributed by atoms with Crippen molar-refractivity contribution in [2.75, 3.05) is 37.0 Å². The Bertz CT molecular complexity index is 1860. The summed E-state index contributed by atoms with van der Waals surface area (Å²) < 4.78 is 16.8. The van der Waals surface area contributed by atoms with E-state index >= 15 is 0 Å². The first kappa shape index (κ1) is 35.4. The van der Waals surface area contributed by atoms with Crippen molar-refractivity contribution in [2.24, 2.45) is 0 Å². The maximum atomic E-state index is 14.3. The SMILES string of the molecule is CCCN(CC)c1ccc(-c2cc3c(cc2C(=O)Nc2ccc(CNC(=O)OC(C)(C)C)cc2C)-c2sccc2CCO3)c(C(=O)OC)n1. The molecule has 1 aliphatic heterocycles. The largest absolute Gasteiger partial charge is 0.493 e. The maximum absolute atomic E-state index is 14.3. The molecule has 0 bridgehead atoms. The number of carbonyl (C=O) groups excluding carboxylic acids is 3. The van der Waals surface area contributed by atoms with E-state index in [0.29, 0.717) is 40.6 Å². The highest BCUT2D eigenvalue weighted by Crippen LogP contribution is 2.43. The van der Waals surface area contributed by atoms with Gasteiger partial charge in [-0.05, 0) is 99.5 Å². The van der Waals surface area contributed by atoms with Crippen molar-refractivity contribution in [3.63, 3.8) is 0 Å². The molecule has 0 saturated carbocycles. The smallest absolute Gasteiger partial charge is 0.407 e. The lowest BCUT2D eigenvalue weighted by atomic mass is 9.93. The summed E-state index contributed by atoms with van der Waals surface area (Å²) in [5.74, 6) is 0.333. The molecule has 2 amide bonds. The number of benzene rings is 2. The molecule has 0 unspecified atom stereocenters. The molecule has 49 heavy (non-hydrogen) atoms. The number of methoxy groups -OCH3 is 1. The number of pyridine rings is 1. The highest BCUT2D eigenvalue weighted by Gasteiger charge is 2.27. The third-order valence-electron chi connectivity index (χ3n) is 8.11. The van der Waals surface area contributed by atoms with E-state index in [9.17, 15) is 14.4 Å². The number of amides is 2. The lowest BCUT2D eigenvalue weighted by molar-refractivity contribution is 0.0522. The van der Waals surface area contributed by atoms with Gasteiger partial charge in [-0.15, -0.1) is 11.3 Å². The summed E-state index contributed by atoms with van der Waals surface area (Å²) in [6.07, 6.45) is 1.16. The Morgan fingerprint density at radius 1 is 1.02 bits per heavy atom. The van der Waals surface area contributed by atoms with E-state index in [1.54, 1.807) is 11.3 Å². The second-order valence-corrected chi connectivity index (χ2v) is 13.8. The molecule has 5 rings (SSSR count). The molecule has 0 fully saturated rings. The predicted octanol–water partition coefficient (Wildman–Crippen LogP) is 8.02. The topological polar surface area (TPSA) is 119 Å². The van der Waals surface area contributed by atoms with Crippen molar-refractivity contribution in [1.82, 2.24) is 10.3 Å². The van der Waals surface area contributed by atoms with Gasteiger partial charge in [0, 0.05) is 58.9 Å². The minimum atomic E-state index is -0.599. The number of aromatic nitrogens is 1. The molecule has 2 aromatic heterocycles. The van der Waals surface area contributed by atoms with E-state index in [1.807, 2.05) is 82.5 Å². The summed E-state index contributed by atoms with van der Waals surface area (Å²) in [7, 11) is 1.33. The first-order valence-corrected chi connectivity index (χ1v) is 17.4. The molecular formula is C38H44N4O6S. The van der Waals surface area contributed by atoms with Crippen molar-refractivity contribution in [3.8, 4) is 27.3 Å². The molecule has 2 N–H and O–H groups in total. The fourth-order valence-electron chi connectivity index (χ4n) is 5.78. The van der Waals surface area contributed by atoms with Crippen LogP contribution in [0.1, 0.15) is 78.6 Å². The predicted molar refractivity (Wildman–Crippen MR) is 194 cm³/mol. The molecule has 2 aromatic carbocycles. The second kappa shape index (κ2) is 15.1. The third kappa shape index (κ3) is 8.22. The zero-order valence-electron chi connectivity index (χ0n) is 29.2. The molecule has 0 atom stereocenters. The van der Waals surface area contributed by atoms with E-state index < -0.39 is 17.7 Å². The summed E-state index contributed by atoms with van der Waals surface area (Å²) in [4.78, 5) is 47.6. The lowest BCUT2D eigenvalue weighted by Crippen LogP contribution is -2.32. The molecule has 0 radical (unpaired) electrons. The number of nitrogens with zero attached hydrogens (tertiary/aromatic N) is 2. The van der Waals surface area contributed by atoms with Crippen molar-refractivity contribution >= 4 is 40.8 Å². The van der Waals surface area contributed by atoms with Gasteiger partial charge in [0.1, 0.15) is 17.2 Å². The van der Waals surface area contributed by atoms with E-state index in [4.69, 9.17) is 19.2 Å². The number of esters is 1. The number of fused-ring (bicyclic) bond motifs is 3. The fourth-order valence-corrected chi connectivity index (χ4v) is 6.76. The van der Waals surface area contributed by atoms with Crippen LogP contribution >= 0.6 is 11.3 Å². The maximum Gasteiger partial charge on any atom is 0.407 e. The lowest BCUT2D eigenvalue weighted by Gasteiger charge is -2.23. The summed E-state index contributed by atoms with van der Waals surface area (Å²) in [5, 5.41) is 7.90. The Balaban J connectivity index is 1.55. The van der Waals surface area contributed by atoms with Crippen molar-refractivity contribution in [1.29, 1.82) is 0 Å². The molecule has 0 spiro atoms. The number of ether oxygens (including phenoxy) is 3.